The van der Waals surface area contributed by atoms with Crippen molar-refractivity contribution < 1.29 is 13.2 Å². The molecular weight excluding hydrogens is 407 g/mol. The van der Waals surface area contributed by atoms with Crippen molar-refractivity contribution in [2.24, 2.45) is 0 Å². The second kappa shape index (κ2) is 6.79. The third-order valence-corrected chi connectivity index (χ3v) is 6.06. The fourth-order valence-electron chi connectivity index (χ4n) is 4.55. The molecule has 1 aromatic heterocycles. The minimum absolute atomic E-state index is 0.653. The molecule has 0 amide bonds. The zero-order chi connectivity index (χ0) is 21.9. The zero-order valence-corrected chi connectivity index (χ0v) is 16.8. The van der Waals surface area contributed by atoms with Crippen molar-refractivity contribution in [3.05, 3.63) is 103 Å². The molecule has 6 rings (SSSR count). The first-order valence-corrected chi connectivity index (χ1v) is 10.3. The van der Waals surface area contributed by atoms with E-state index in [0.29, 0.717) is 0 Å². The highest BCUT2D eigenvalue weighted by molar-refractivity contribution is 6.21. The number of hydrogen-bond donors (Lipinski definition) is 0. The Hall–Kier alpha value is -3.92. The predicted octanol–water partition coefficient (Wildman–Crippen LogP) is 8.38. The summed E-state index contributed by atoms with van der Waals surface area (Å²) in [5.74, 6) is 0. The summed E-state index contributed by atoms with van der Waals surface area (Å²) in [7, 11) is 0. The van der Waals surface area contributed by atoms with Crippen LogP contribution in [-0.2, 0) is 6.18 Å². The van der Waals surface area contributed by atoms with Crippen molar-refractivity contribution in [3.8, 4) is 11.1 Å². The van der Waals surface area contributed by atoms with Gasteiger partial charge < -0.3 is 0 Å². The molecule has 0 aliphatic rings. The van der Waals surface area contributed by atoms with E-state index in [1.165, 1.54) is 0 Å². The smallest absolute Gasteiger partial charge is 0.246 e. The number of hydrogen-bond acceptors (Lipinski definition) is 1. The molecule has 0 spiro atoms. The summed E-state index contributed by atoms with van der Waals surface area (Å²) in [5, 5.41) is 6.04. The van der Waals surface area contributed by atoms with E-state index in [1.807, 2.05) is 72.8 Å². The molecule has 0 atom stereocenters. The maximum absolute atomic E-state index is 13.2. The van der Waals surface area contributed by atoms with Crippen molar-refractivity contribution >= 4 is 43.4 Å². The maximum Gasteiger partial charge on any atom is 0.416 e. The Morgan fingerprint density at radius 1 is 0.500 bits per heavy atom. The number of aromatic nitrogens is 1. The standard InChI is InChI=1S/C28H16F3N/c29-28(30,31)20-13-9-19(10-14-20)25-23-15-11-17-5-1-3-7-21(17)26(23)32-27-22-8-4-2-6-18(22)12-16-24(25)27/h1-16H. The molecule has 154 valence electrons. The monoisotopic (exact) mass is 423 g/mol. The number of alkyl halides is 3. The highest BCUT2D eigenvalue weighted by atomic mass is 19.4. The second-order valence-electron chi connectivity index (χ2n) is 7.93. The van der Waals surface area contributed by atoms with Crippen LogP contribution in [0.5, 0.6) is 0 Å². The highest BCUT2D eigenvalue weighted by Crippen LogP contribution is 2.40. The van der Waals surface area contributed by atoms with Crippen LogP contribution in [0.3, 0.4) is 0 Å². The first-order valence-electron chi connectivity index (χ1n) is 10.3. The van der Waals surface area contributed by atoms with E-state index in [9.17, 15) is 13.2 Å². The molecule has 1 nitrogen and oxygen atoms in total. The molecule has 0 aliphatic heterocycles. The summed E-state index contributed by atoms with van der Waals surface area (Å²) >= 11 is 0. The molecular formula is C28H16F3N. The minimum Gasteiger partial charge on any atom is -0.246 e. The average molecular weight is 423 g/mol. The van der Waals surface area contributed by atoms with Crippen LogP contribution < -0.4 is 0 Å². The summed E-state index contributed by atoms with van der Waals surface area (Å²) in [6.45, 7) is 0. The number of benzene rings is 5. The van der Waals surface area contributed by atoms with Crippen LogP contribution in [0, 0.1) is 0 Å². The first-order chi connectivity index (χ1) is 15.5. The summed E-state index contributed by atoms with van der Waals surface area (Å²) in [5.41, 5.74) is 2.68. The van der Waals surface area contributed by atoms with E-state index in [-0.39, 0.29) is 0 Å². The van der Waals surface area contributed by atoms with Crippen LogP contribution in [0.4, 0.5) is 13.2 Å². The van der Waals surface area contributed by atoms with Gasteiger partial charge in [0.05, 0.1) is 16.6 Å². The molecule has 0 bridgehead atoms. The van der Waals surface area contributed by atoms with Gasteiger partial charge in [-0.25, -0.2) is 4.98 Å². The molecule has 0 saturated heterocycles. The Labute approximate surface area is 181 Å². The lowest BCUT2D eigenvalue weighted by molar-refractivity contribution is -0.137. The maximum atomic E-state index is 13.2. The summed E-state index contributed by atoms with van der Waals surface area (Å²) < 4.78 is 39.5. The Balaban J connectivity index is 1.79. The quantitative estimate of drug-likeness (QED) is 0.191. The molecule has 0 saturated carbocycles. The topological polar surface area (TPSA) is 12.9 Å². The summed E-state index contributed by atoms with van der Waals surface area (Å²) in [6.07, 6.45) is -4.37. The van der Waals surface area contributed by atoms with Crippen LogP contribution in [0.25, 0.3) is 54.5 Å². The molecule has 6 aromatic rings. The molecule has 0 N–H and O–H groups in total. The first kappa shape index (κ1) is 18.8. The van der Waals surface area contributed by atoms with E-state index < -0.39 is 11.7 Å². The second-order valence-corrected chi connectivity index (χ2v) is 7.93. The van der Waals surface area contributed by atoms with Gasteiger partial charge in [0.25, 0.3) is 0 Å². The van der Waals surface area contributed by atoms with E-state index in [0.717, 1.165) is 66.6 Å². The number of rotatable bonds is 1. The molecule has 0 fully saturated rings. The number of nitrogens with zero attached hydrogens (tertiary/aromatic N) is 1. The number of fused-ring (bicyclic) bond motifs is 6. The van der Waals surface area contributed by atoms with Crippen LogP contribution in [0.15, 0.2) is 97.1 Å². The molecule has 32 heavy (non-hydrogen) atoms. The Kier molecular flexibility index (Phi) is 3.99. The van der Waals surface area contributed by atoms with Crippen molar-refractivity contribution in [2.75, 3.05) is 0 Å². The zero-order valence-electron chi connectivity index (χ0n) is 16.8. The Bertz CT molecular complexity index is 1550. The summed E-state index contributed by atoms with van der Waals surface area (Å²) in [4.78, 5) is 5.10. The largest absolute Gasteiger partial charge is 0.416 e. The Morgan fingerprint density at radius 3 is 1.50 bits per heavy atom. The third kappa shape index (κ3) is 2.83. The van der Waals surface area contributed by atoms with Crippen molar-refractivity contribution in [1.82, 2.24) is 4.98 Å². The van der Waals surface area contributed by atoms with Crippen LogP contribution >= 0.6 is 0 Å². The fraction of sp³-hybridized carbons (Fsp3) is 0.0357. The van der Waals surface area contributed by atoms with E-state index in [4.69, 9.17) is 4.98 Å². The average Bonchev–Trinajstić information content (AvgIpc) is 2.82. The van der Waals surface area contributed by atoms with Gasteiger partial charge in [0.1, 0.15) is 0 Å². The van der Waals surface area contributed by atoms with Gasteiger partial charge in [-0.1, -0.05) is 84.9 Å². The number of pyridine rings is 1. The van der Waals surface area contributed by atoms with Gasteiger partial charge >= 0.3 is 6.18 Å². The third-order valence-electron chi connectivity index (χ3n) is 6.06. The molecule has 1 heterocycles. The van der Waals surface area contributed by atoms with Gasteiger partial charge in [-0.3, -0.25) is 0 Å². The highest BCUT2D eigenvalue weighted by Gasteiger charge is 2.30. The van der Waals surface area contributed by atoms with Crippen molar-refractivity contribution in [3.63, 3.8) is 0 Å². The lowest BCUT2D eigenvalue weighted by atomic mass is 9.92. The van der Waals surface area contributed by atoms with Gasteiger partial charge in [0, 0.05) is 27.1 Å². The number of halogens is 3. The van der Waals surface area contributed by atoms with Crippen LogP contribution in [0.2, 0.25) is 0 Å². The van der Waals surface area contributed by atoms with Crippen molar-refractivity contribution in [1.29, 1.82) is 0 Å². The molecule has 0 unspecified atom stereocenters. The SMILES string of the molecule is FC(F)(F)c1ccc(-c2c3ccc4ccccc4c3nc3c2ccc2ccccc23)cc1. The van der Waals surface area contributed by atoms with Gasteiger partial charge in [-0.15, -0.1) is 0 Å². The Morgan fingerprint density at radius 2 is 1.00 bits per heavy atom. The molecule has 4 heteroatoms. The van der Waals surface area contributed by atoms with Crippen molar-refractivity contribution in [2.45, 2.75) is 6.18 Å². The van der Waals surface area contributed by atoms with Crippen LogP contribution in [0.1, 0.15) is 5.56 Å². The lowest BCUT2D eigenvalue weighted by Gasteiger charge is -2.15. The van der Waals surface area contributed by atoms with Crippen LogP contribution in [-0.4, -0.2) is 4.98 Å². The molecule has 0 aliphatic carbocycles. The van der Waals surface area contributed by atoms with Gasteiger partial charge in [-0.2, -0.15) is 13.2 Å². The van der Waals surface area contributed by atoms with Gasteiger partial charge in [0.2, 0.25) is 0 Å². The molecule has 0 radical (unpaired) electrons. The normalized spacial score (nSPS) is 12.2. The lowest BCUT2D eigenvalue weighted by Crippen LogP contribution is -2.04. The fourth-order valence-corrected chi connectivity index (χ4v) is 4.55. The predicted molar refractivity (Wildman–Crippen MR) is 125 cm³/mol. The van der Waals surface area contributed by atoms with Gasteiger partial charge in [-0.05, 0) is 28.5 Å². The van der Waals surface area contributed by atoms with E-state index >= 15 is 0 Å². The summed E-state index contributed by atoms with van der Waals surface area (Å²) in [6, 6.07) is 29.6. The van der Waals surface area contributed by atoms with E-state index in [1.54, 1.807) is 12.1 Å². The minimum atomic E-state index is -4.37. The molecule has 5 aromatic carbocycles. The van der Waals surface area contributed by atoms with E-state index in [2.05, 4.69) is 0 Å². The van der Waals surface area contributed by atoms with Gasteiger partial charge in [0.15, 0.2) is 0 Å².